The highest BCUT2D eigenvalue weighted by Gasteiger charge is 2.14. The normalized spacial score (nSPS) is 15.5. The van der Waals surface area contributed by atoms with Gasteiger partial charge in [0.1, 0.15) is 0 Å². The maximum absolute atomic E-state index is 12.0. The van der Waals surface area contributed by atoms with Crippen LogP contribution in [0.5, 0.6) is 0 Å². The Morgan fingerprint density at radius 2 is 2.06 bits per heavy atom. The Morgan fingerprint density at radius 1 is 1.24 bits per heavy atom. The standard InChI is InChI=1S/C14H14N2O/c17-14(16-12-3-1-2-4-12)11-5-6-13-10(9-11)7-8-15-13/h1-2,5-9,12,15H,3-4H2,(H,16,17). The van der Waals surface area contributed by atoms with Crippen molar-refractivity contribution in [3.8, 4) is 0 Å². The topological polar surface area (TPSA) is 44.9 Å². The number of rotatable bonds is 2. The lowest BCUT2D eigenvalue weighted by atomic mass is 10.1. The van der Waals surface area contributed by atoms with E-state index in [0.717, 1.165) is 29.3 Å². The van der Waals surface area contributed by atoms with Crippen LogP contribution in [0.1, 0.15) is 23.2 Å². The third-order valence-electron chi connectivity index (χ3n) is 3.16. The number of H-pyrrole nitrogens is 1. The van der Waals surface area contributed by atoms with Crippen LogP contribution in [-0.4, -0.2) is 16.9 Å². The van der Waals surface area contributed by atoms with Gasteiger partial charge < -0.3 is 10.3 Å². The van der Waals surface area contributed by atoms with E-state index in [1.54, 1.807) is 0 Å². The van der Waals surface area contributed by atoms with E-state index in [2.05, 4.69) is 22.5 Å². The Hall–Kier alpha value is -2.03. The highest BCUT2D eigenvalue weighted by molar-refractivity contribution is 5.98. The lowest BCUT2D eigenvalue weighted by Crippen LogP contribution is -2.32. The Balaban J connectivity index is 1.79. The van der Waals surface area contributed by atoms with Crippen LogP contribution in [-0.2, 0) is 0 Å². The van der Waals surface area contributed by atoms with Crippen molar-refractivity contribution in [2.75, 3.05) is 0 Å². The number of carbonyl (C=O) groups excluding carboxylic acids is 1. The van der Waals surface area contributed by atoms with Crippen LogP contribution in [0.4, 0.5) is 0 Å². The minimum Gasteiger partial charge on any atom is -0.361 e. The molecule has 0 saturated carbocycles. The van der Waals surface area contributed by atoms with Gasteiger partial charge in [-0.1, -0.05) is 12.2 Å². The molecule has 0 saturated heterocycles. The van der Waals surface area contributed by atoms with Gasteiger partial charge in [0, 0.05) is 28.7 Å². The highest BCUT2D eigenvalue weighted by Crippen LogP contribution is 2.15. The predicted molar refractivity (Wildman–Crippen MR) is 67.9 cm³/mol. The molecule has 3 rings (SSSR count). The van der Waals surface area contributed by atoms with Crippen molar-refractivity contribution in [1.29, 1.82) is 0 Å². The number of fused-ring (bicyclic) bond motifs is 1. The van der Waals surface area contributed by atoms with E-state index in [-0.39, 0.29) is 11.9 Å². The summed E-state index contributed by atoms with van der Waals surface area (Å²) < 4.78 is 0. The molecule has 0 aliphatic heterocycles. The van der Waals surface area contributed by atoms with Gasteiger partial charge in [-0.05, 0) is 37.1 Å². The summed E-state index contributed by atoms with van der Waals surface area (Å²) in [5.74, 6) is 0.0156. The first-order valence-electron chi connectivity index (χ1n) is 5.86. The molecule has 0 radical (unpaired) electrons. The fourth-order valence-corrected chi connectivity index (χ4v) is 2.20. The molecule has 2 aromatic rings. The van der Waals surface area contributed by atoms with Crippen LogP contribution in [0.3, 0.4) is 0 Å². The molecule has 0 atom stereocenters. The zero-order valence-electron chi connectivity index (χ0n) is 9.44. The van der Waals surface area contributed by atoms with E-state index in [9.17, 15) is 4.79 Å². The first-order valence-corrected chi connectivity index (χ1v) is 5.86. The van der Waals surface area contributed by atoms with Crippen molar-refractivity contribution in [1.82, 2.24) is 10.3 Å². The van der Waals surface area contributed by atoms with E-state index in [4.69, 9.17) is 0 Å². The summed E-state index contributed by atoms with van der Waals surface area (Å²) in [5, 5.41) is 4.11. The molecule has 17 heavy (non-hydrogen) atoms. The number of amides is 1. The molecule has 1 aliphatic carbocycles. The molecular weight excluding hydrogens is 212 g/mol. The molecule has 1 aliphatic rings. The Labute approximate surface area is 99.5 Å². The second kappa shape index (κ2) is 4.09. The molecule has 86 valence electrons. The summed E-state index contributed by atoms with van der Waals surface area (Å²) >= 11 is 0. The zero-order valence-corrected chi connectivity index (χ0v) is 9.44. The Bertz CT molecular complexity index is 575. The van der Waals surface area contributed by atoms with Gasteiger partial charge >= 0.3 is 0 Å². The molecule has 1 aromatic carbocycles. The number of hydrogen-bond acceptors (Lipinski definition) is 1. The highest BCUT2D eigenvalue weighted by atomic mass is 16.1. The third kappa shape index (κ3) is 1.96. The third-order valence-corrected chi connectivity index (χ3v) is 3.16. The molecule has 0 spiro atoms. The van der Waals surface area contributed by atoms with Crippen molar-refractivity contribution in [2.24, 2.45) is 0 Å². The van der Waals surface area contributed by atoms with Crippen molar-refractivity contribution in [3.05, 3.63) is 48.2 Å². The molecule has 3 heteroatoms. The van der Waals surface area contributed by atoms with Crippen LogP contribution in [0.2, 0.25) is 0 Å². The van der Waals surface area contributed by atoms with Crippen molar-refractivity contribution in [2.45, 2.75) is 18.9 Å². The molecular formula is C14H14N2O. The monoisotopic (exact) mass is 226 g/mol. The number of aromatic nitrogens is 1. The molecule has 0 bridgehead atoms. The summed E-state index contributed by atoms with van der Waals surface area (Å²) in [6.07, 6.45) is 7.99. The summed E-state index contributed by atoms with van der Waals surface area (Å²) in [4.78, 5) is 15.1. The van der Waals surface area contributed by atoms with Crippen LogP contribution in [0.25, 0.3) is 10.9 Å². The first kappa shape index (κ1) is 10.1. The maximum Gasteiger partial charge on any atom is 0.251 e. The average Bonchev–Trinajstić information content (AvgIpc) is 2.97. The lowest BCUT2D eigenvalue weighted by Gasteiger charge is -2.11. The summed E-state index contributed by atoms with van der Waals surface area (Å²) in [7, 11) is 0. The minimum absolute atomic E-state index is 0.0156. The Kier molecular flexibility index (Phi) is 2.44. The van der Waals surface area contributed by atoms with E-state index in [1.165, 1.54) is 0 Å². The number of aromatic amines is 1. The van der Waals surface area contributed by atoms with Gasteiger partial charge in [0.2, 0.25) is 0 Å². The van der Waals surface area contributed by atoms with E-state index < -0.39 is 0 Å². The summed E-state index contributed by atoms with van der Waals surface area (Å²) in [6, 6.07) is 7.96. The predicted octanol–water partition coefficient (Wildman–Crippen LogP) is 2.62. The molecule has 1 amide bonds. The SMILES string of the molecule is O=C(NC1CC=CC1)c1ccc2[nH]ccc2c1. The zero-order chi connectivity index (χ0) is 11.7. The van der Waals surface area contributed by atoms with Crippen LogP contribution in [0, 0.1) is 0 Å². The summed E-state index contributed by atoms with van der Waals surface area (Å²) in [6.45, 7) is 0. The van der Waals surface area contributed by atoms with Crippen LogP contribution in [0.15, 0.2) is 42.6 Å². The van der Waals surface area contributed by atoms with Gasteiger partial charge in [0.15, 0.2) is 0 Å². The van der Waals surface area contributed by atoms with Crippen molar-refractivity contribution < 1.29 is 4.79 Å². The van der Waals surface area contributed by atoms with Gasteiger partial charge in [-0.15, -0.1) is 0 Å². The van der Waals surface area contributed by atoms with Gasteiger partial charge in [-0.25, -0.2) is 0 Å². The van der Waals surface area contributed by atoms with E-state index in [1.807, 2.05) is 30.5 Å². The average molecular weight is 226 g/mol. The lowest BCUT2D eigenvalue weighted by molar-refractivity contribution is 0.0939. The van der Waals surface area contributed by atoms with Gasteiger partial charge in [-0.2, -0.15) is 0 Å². The molecule has 2 N–H and O–H groups in total. The summed E-state index contributed by atoms with van der Waals surface area (Å²) in [5.41, 5.74) is 1.79. The largest absolute Gasteiger partial charge is 0.361 e. The van der Waals surface area contributed by atoms with Gasteiger partial charge in [-0.3, -0.25) is 4.79 Å². The quantitative estimate of drug-likeness (QED) is 0.760. The molecule has 0 unspecified atom stereocenters. The van der Waals surface area contributed by atoms with Crippen molar-refractivity contribution in [3.63, 3.8) is 0 Å². The van der Waals surface area contributed by atoms with E-state index in [0.29, 0.717) is 0 Å². The first-order chi connectivity index (χ1) is 8.33. The van der Waals surface area contributed by atoms with Crippen molar-refractivity contribution >= 4 is 16.8 Å². The fourth-order valence-electron chi connectivity index (χ4n) is 2.20. The molecule has 1 heterocycles. The van der Waals surface area contributed by atoms with E-state index >= 15 is 0 Å². The maximum atomic E-state index is 12.0. The van der Waals surface area contributed by atoms with Crippen LogP contribution < -0.4 is 5.32 Å². The van der Waals surface area contributed by atoms with Crippen LogP contribution >= 0.6 is 0 Å². The second-order valence-corrected chi connectivity index (χ2v) is 4.39. The number of carbonyl (C=O) groups is 1. The number of nitrogens with one attached hydrogen (secondary N) is 2. The number of hydrogen-bond donors (Lipinski definition) is 2. The van der Waals surface area contributed by atoms with Gasteiger partial charge in [0.25, 0.3) is 5.91 Å². The number of benzene rings is 1. The minimum atomic E-state index is 0.0156. The Morgan fingerprint density at radius 3 is 2.88 bits per heavy atom. The molecule has 3 nitrogen and oxygen atoms in total. The molecule has 1 aromatic heterocycles. The molecule has 0 fully saturated rings. The second-order valence-electron chi connectivity index (χ2n) is 4.39. The van der Waals surface area contributed by atoms with Gasteiger partial charge in [0.05, 0.1) is 0 Å². The smallest absolute Gasteiger partial charge is 0.251 e. The fraction of sp³-hybridized carbons (Fsp3) is 0.214.